The molecule has 1 heterocycles. The molecule has 1 aliphatic rings. The molecule has 25 heavy (non-hydrogen) atoms. The second-order valence-corrected chi connectivity index (χ2v) is 6.52. The van der Waals surface area contributed by atoms with Crippen LogP contribution in [0, 0.1) is 0 Å². The zero-order chi connectivity index (χ0) is 18.1. The van der Waals surface area contributed by atoms with E-state index in [0.29, 0.717) is 22.0 Å². The van der Waals surface area contributed by atoms with Crippen LogP contribution in [0.4, 0.5) is 11.4 Å². The monoisotopic (exact) mass is 376 g/mol. The highest BCUT2D eigenvalue weighted by Gasteiger charge is 2.39. The minimum atomic E-state index is -0.704. The smallest absolute Gasteiger partial charge is 0.256 e. The number of rotatable bonds is 4. The molecule has 0 spiro atoms. The molecule has 3 rings (SSSR count). The predicted molar refractivity (Wildman–Crippen MR) is 97.4 cm³/mol. The molecular formula is C18H14Cl2N2O3. The number of carbonyl (C=O) groups is 3. The van der Waals surface area contributed by atoms with Gasteiger partial charge in [0.2, 0.25) is 5.91 Å². The molecule has 0 aromatic heterocycles. The second kappa shape index (κ2) is 6.86. The summed E-state index contributed by atoms with van der Waals surface area (Å²) >= 11 is 11.8. The number of hydrogen-bond donors (Lipinski definition) is 1. The molecule has 1 atom stereocenters. The van der Waals surface area contributed by atoms with Crippen molar-refractivity contribution in [2.24, 2.45) is 0 Å². The van der Waals surface area contributed by atoms with Crippen molar-refractivity contribution in [3.63, 3.8) is 0 Å². The van der Waals surface area contributed by atoms with E-state index >= 15 is 0 Å². The van der Waals surface area contributed by atoms with Crippen LogP contribution in [-0.4, -0.2) is 23.6 Å². The average Bonchev–Trinajstić information content (AvgIpc) is 2.84. The minimum absolute atomic E-state index is 0.0172. The Labute approximate surface area is 154 Å². The van der Waals surface area contributed by atoms with Gasteiger partial charge in [-0.05, 0) is 37.3 Å². The molecule has 1 fully saturated rings. The summed E-state index contributed by atoms with van der Waals surface area (Å²) in [6.45, 7) is 1.47. The zero-order valence-corrected chi connectivity index (χ0v) is 14.8. The van der Waals surface area contributed by atoms with Gasteiger partial charge in [0.05, 0.1) is 22.2 Å². The van der Waals surface area contributed by atoms with Gasteiger partial charge in [0.1, 0.15) is 6.04 Å². The molecule has 0 bridgehead atoms. The highest BCUT2D eigenvalue weighted by atomic mass is 35.5. The summed E-state index contributed by atoms with van der Waals surface area (Å²) in [6.07, 6.45) is 0.0172. The molecule has 0 aliphatic carbocycles. The first-order valence-electron chi connectivity index (χ1n) is 7.56. The molecule has 1 saturated heterocycles. The van der Waals surface area contributed by atoms with Crippen LogP contribution < -0.4 is 10.2 Å². The van der Waals surface area contributed by atoms with Crippen molar-refractivity contribution in [2.75, 3.05) is 10.2 Å². The highest BCUT2D eigenvalue weighted by molar-refractivity contribution is 6.42. The van der Waals surface area contributed by atoms with Gasteiger partial charge in [-0.1, -0.05) is 35.3 Å². The largest absolute Gasteiger partial charge is 0.373 e. The standard InChI is InChI=1S/C18H14Cl2N2O3/c1-10(23)11-3-2-4-12(7-11)21-16-9-17(24)22(18(16)25)13-5-6-14(19)15(20)8-13/h2-8,16,21H,9H2,1H3/t16-/m1/s1. The van der Waals surface area contributed by atoms with Crippen LogP contribution in [0.5, 0.6) is 0 Å². The first-order valence-corrected chi connectivity index (χ1v) is 8.32. The van der Waals surface area contributed by atoms with Crippen LogP contribution in [0.25, 0.3) is 0 Å². The lowest BCUT2D eigenvalue weighted by Gasteiger charge is -2.17. The summed E-state index contributed by atoms with van der Waals surface area (Å²) in [6, 6.07) is 10.7. The van der Waals surface area contributed by atoms with Crippen molar-refractivity contribution < 1.29 is 14.4 Å². The van der Waals surface area contributed by atoms with Gasteiger partial charge in [0.15, 0.2) is 5.78 Å². The summed E-state index contributed by atoms with van der Waals surface area (Å²) in [5, 5.41) is 3.64. The van der Waals surface area contributed by atoms with Crippen LogP contribution in [0.3, 0.4) is 0 Å². The summed E-state index contributed by atoms with van der Waals surface area (Å²) in [7, 11) is 0. The number of hydrogen-bond acceptors (Lipinski definition) is 4. The molecule has 2 aromatic rings. The zero-order valence-electron chi connectivity index (χ0n) is 13.3. The van der Waals surface area contributed by atoms with Gasteiger partial charge < -0.3 is 5.32 Å². The van der Waals surface area contributed by atoms with Gasteiger partial charge in [-0.2, -0.15) is 0 Å². The third-order valence-corrected chi connectivity index (χ3v) is 4.66. The Morgan fingerprint density at radius 2 is 1.88 bits per heavy atom. The van der Waals surface area contributed by atoms with Crippen molar-refractivity contribution in [2.45, 2.75) is 19.4 Å². The Hall–Kier alpha value is -2.37. The Balaban J connectivity index is 1.82. The van der Waals surface area contributed by atoms with Crippen LogP contribution in [0.1, 0.15) is 23.7 Å². The topological polar surface area (TPSA) is 66.5 Å². The Morgan fingerprint density at radius 3 is 2.56 bits per heavy atom. The third-order valence-electron chi connectivity index (χ3n) is 3.92. The summed E-state index contributed by atoms with van der Waals surface area (Å²) < 4.78 is 0. The van der Waals surface area contributed by atoms with Crippen LogP contribution in [-0.2, 0) is 9.59 Å². The van der Waals surface area contributed by atoms with E-state index < -0.39 is 6.04 Å². The van der Waals surface area contributed by atoms with Crippen molar-refractivity contribution in [3.8, 4) is 0 Å². The Kier molecular flexibility index (Phi) is 4.79. The van der Waals surface area contributed by atoms with Crippen LogP contribution in [0.15, 0.2) is 42.5 Å². The van der Waals surface area contributed by atoms with Crippen LogP contribution in [0.2, 0.25) is 10.0 Å². The normalized spacial score (nSPS) is 17.1. The highest BCUT2D eigenvalue weighted by Crippen LogP contribution is 2.31. The quantitative estimate of drug-likeness (QED) is 0.648. The SMILES string of the molecule is CC(=O)c1cccc(N[C@@H]2CC(=O)N(c3ccc(Cl)c(Cl)c3)C2=O)c1. The maximum atomic E-state index is 12.6. The number of imide groups is 1. The summed E-state index contributed by atoms with van der Waals surface area (Å²) in [4.78, 5) is 37.5. The van der Waals surface area contributed by atoms with E-state index in [1.165, 1.54) is 19.1 Å². The fourth-order valence-electron chi connectivity index (χ4n) is 2.67. The maximum Gasteiger partial charge on any atom is 0.256 e. The van der Waals surface area contributed by atoms with Crippen molar-refractivity contribution >= 4 is 52.2 Å². The van der Waals surface area contributed by atoms with Crippen molar-refractivity contribution in [1.29, 1.82) is 0 Å². The number of nitrogens with one attached hydrogen (secondary N) is 1. The molecule has 2 aromatic carbocycles. The predicted octanol–water partition coefficient (Wildman–Crippen LogP) is 3.94. The van der Waals surface area contributed by atoms with Gasteiger partial charge in [-0.3, -0.25) is 14.4 Å². The van der Waals surface area contributed by atoms with Gasteiger partial charge >= 0.3 is 0 Å². The van der Waals surface area contributed by atoms with E-state index in [4.69, 9.17) is 23.2 Å². The van der Waals surface area contributed by atoms with Crippen molar-refractivity contribution in [3.05, 3.63) is 58.1 Å². The molecule has 2 amide bonds. The number of amides is 2. The maximum absolute atomic E-state index is 12.6. The first-order chi connectivity index (χ1) is 11.9. The first kappa shape index (κ1) is 17.5. The number of ketones is 1. The van der Waals surface area contributed by atoms with Gasteiger partial charge in [0.25, 0.3) is 5.91 Å². The molecule has 128 valence electrons. The fraction of sp³-hybridized carbons (Fsp3) is 0.167. The third kappa shape index (κ3) is 3.52. The number of Topliss-reactive ketones (excluding diaryl/α,β-unsaturated/α-hetero) is 1. The van der Waals surface area contributed by atoms with E-state index in [9.17, 15) is 14.4 Å². The summed E-state index contributed by atoms with van der Waals surface area (Å²) in [5.41, 5.74) is 1.52. The Morgan fingerprint density at radius 1 is 1.12 bits per heavy atom. The molecule has 1 N–H and O–H groups in total. The number of halogens is 2. The van der Waals surface area contributed by atoms with Gasteiger partial charge in [-0.15, -0.1) is 0 Å². The Bertz CT molecular complexity index is 882. The molecule has 1 aliphatic heterocycles. The summed E-state index contributed by atoms with van der Waals surface area (Å²) in [5.74, 6) is -0.782. The van der Waals surface area contributed by atoms with E-state index in [-0.39, 0.29) is 29.0 Å². The molecule has 0 unspecified atom stereocenters. The molecule has 0 saturated carbocycles. The molecule has 5 nitrogen and oxygen atoms in total. The number of carbonyl (C=O) groups excluding carboxylic acids is 3. The lowest BCUT2D eigenvalue weighted by molar-refractivity contribution is -0.121. The number of nitrogens with zero attached hydrogens (tertiary/aromatic N) is 1. The van der Waals surface area contributed by atoms with E-state index in [1.807, 2.05) is 0 Å². The second-order valence-electron chi connectivity index (χ2n) is 5.70. The number of anilines is 2. The minimum Gasteiger partial charge on any atom is -0.373 e. The molecule has 7 heteroatoms. The average molecular weight is 377 g/mol. The van der Waals surface area contributed by atoms with E-state index in [0.717, 1.165) is 4.90 Å². The lowest BCUT2D eigenvalue weighted by Crippen LogP contribution is -2.34. The van der Waals surface area contributed by atoms with Gasteiger partial charge in [0, 0.05) is 11.3 Å². The molecular weight excluding hydrogens is 363 g/mol. The molecule has 0 radical (unpaired) electrons. The van der Waals surface area contributed by atoms with E-state index in [2.05, 4.69) is 5.32 Å². The van der Waals surface area contributed by atoms with Crippen molar-refractivity contribution in [1.82, 2.24) is 0 Å². The lowest BCUT2D eigenvalue weighted by atomic mass is 10.1. The van der Waals surface area contributed by atoms with Gasteiger partial charge in [-0.25, -0.2) is 4.90 Å². The fourth-order valence-corrected chi connectivity index (χ4v) is 2.96. The van der Waals surface area contributed by atoms with Crippen LogP contribution >= 0.6 is 23.2 Å². The van der Waals surface area contributed by atoms with E-state index in [1.54, 1.807) is 30.3 Å². The number of benzene rings is 2.